The summed E-state index contributed by atoms with van der Waals surface area (Å²) in [5, 5.41) is 4.59. The van der Waals surface area contributed by atoms with Gasteiger partial charge in [-0.1, -0.05) is 170 Å². The van der Waals surface area contributed by atoms with Crippen LogP contribution in [0.3, 0.4) is 0 Å². The van der Waals surface area contributed by atoms with Crippen LogP contribution in [-0.4, -0.2) is 12.1 Å². The van der Waals surface area contributed by atoms with E-state index in [1.54, 1.807) is 0 Å². The first-order chi connectivity index (χ1) is 31.7. The number of fused-ring (bicyclic) bond motifs is 6. The zero-order valence-corrected chi connectivity index (χ0v) is 35.2. The molecular weight excluding hydrogens is 781 g/mol. The second-order valence-electron chi connectivity index (χ2n) is 16.7. The summed E-state index contributed by atoms with van der Waals surface area (Å²) in [4.78, 5) is 4.90. The maximum atomic E-state index is 6.40. The third-order valence-corrected chi connectivity index (χ3v) is 12.9. The van der Waals surface area contributed by atoms with E-state index in [2.05, 4.69) is 216 Å². The van der Waals surface area contributed by atoms with Gasteiger partial charge in [0, 0.05) is 55.4 Å². The van der Waals surface area contributed by atoms with E-state index >= 15 is 0 Å². The Labute approximate surface area is 372 Å². The number of hydrogen-bond acceptors (Lipinski definition) is 4. The van der Waals surface area contributed by atoms with Gasteiger partial charge in [-0.05, 0) is 95.8 Å². The van der Waals surface area contributed by atoms with Crippen LogP contribution in [0.15, 0.2) is 239 Å². The monoisotopic (exact) mass is 824 g/mol. The van der Waals surface area contributed by atoms with Crippen LogP contribution < -0.4 is 9.80 Å². The van der Waals surface area contributed by atoms with E-state index in [4.69, 9.17) is 8.83 Å². The van der Waals surface area contributed by atoms with Crippen molar-refractivity contribution in [3.63, 3.8) is 0 Å². The highest BCUT2D eigenvalue weighted by molar-refractivity contribution is 6.10. The van der Waals surface area contributed by atoms with Crippen LogP contribution in [-0.2, 0) is 0 Å². The van der Waals surface area contributed by atoms with E-state index in [1.807, 2.05) is 24.3 Å². The molecular formula is C60H44N2O2. The lowest BCUT2D eigenvalue weighted by Gasteiger charge is -2.33. The van der Waals surface area contributed by atoms with Crippen molar-refractivity contribution in [2.75, 3.05) is 9.80 Å². The van der Waals surface area contributed by atoms with Gasteiger partial charge in [-0.25, -0.2) is 0 Å². The molecule has 0 bridgehead atoms. The Hall–Kier alpha value is -8.08. The normalized spacial score (nSPS) is 15.9. The second kappa shape index (κ2) is 16.0. The highest BCUT2D eigenvalue weighted by Gasteiger charge is 2.23. The Morgan fingerprint density at radius 1 is 0.375 bits per heavy atom. The minimum Gasteiger partial charge on any atom is -0.455 e. The molecule has 4 nitrogen and oxygen atoms in total. The van der Waals surface area contributed by atoms with E-state index in [0.29, 0.717) is 0 Å². The van der Waals surface area contributed by atoms with Crippen LogP contribution in [0, 0.1) is 0 Å². The molecule has 0 saturated heterocycles. The molecule has 0 saturated carbocycles. The SMILES string of the molecule is C1=CCC(N(c2ccc(-c3ccc(N(c4ccccc4)C4C=CC(c5cccc6c5oc5ccccc56)=CC4)cc3)cc2)c2ccc(-c3cccc4c3oc3ccccc34)cc2)C=C1. The third kappa shape index (κ3) is 6.72. The summed E-state index contributed by atoms with van der Waals surface area (Å²) in [6, 6.07) is 67.5. The molecule has 4 heteroatoms. The number of anilines is 4. The zero-order valence-electron chi connectivity index (χ0n) is 35.2. The maximum Gasteiger partial charge on any atom is 0.143 e. The Balaban J connectivity index is 0.811. The van der Waals surface area contributed by atoms with Crippen molar-refractivity contribution in [1.82, 2.24) is 0 Å². The first-order valence-electron chi connectivity index (χ1n) is 22.2. The van der Waals surface area contributed by atoms with E-state index < -0.39 is 0 Å². The van der Waals surface area contributed by atoms with Gasteiger partial charge in [0.15, 0.2) is 0 Å². The van der Waals surface area contributed by atoms with Gasteiger partial charge in [-0.2, -0.15) is 0 Å². The van der Waals surface area contributed by atoms with Crippen LogP contribution in [0.5, 0.6) is 0 Å². The first-order valence-corrected chi connectivity index (χ1v) is 22.2. The highest BCUT2D eigenvalue weighted by atomic mass is 16.3. The van der Waals surface area contributed by atoms with Gasteiger partial charge in [0.2, 0.25) is 0 Å². The molecule has 2 unspecified atom stereocenters. The molecule has 2 aliphatic rings. The molecule has 12 rings (SSSR count). The number of furan rings is 2. The summed E-state index contributed by atoms with van der Waals surface area (Å²) in [7, 11) is 0. The quantitative estimate of drug-likeness (QED) is 0.145. The average molecular weight is 825 g/mol. The van der Waals surface area contributed by atoms with Crippen molar-refractivity contribution in [2.45, 2.75) is 24.9 Å². The van der Waals surface area contributed by atoms with Gasteiger partial charge in [-0.15, -0.1) is 0 Å². The van der Waals surface area contributed by atoms with Crippen molar-refractivity contribution >= 4 is 72.2 Å². The fraction of sp³-hybridized carbons (Fsp3) is 0.0667. The lowest BCUT2D eigenvalue weighted by molar-refractivity contribution is 0.667. The van der Waals surface area contributed by atoms with Gasteiger partial charge in [-0.3, -0.25) is 0 Å². The van der Waals surface area contributed by atoms with Gasteiger partial charge in [0.1, 0.15) is 22.3 Å². The van der Waals surface area contributed by atoms with Gasteiger partial charge >= 0.3 is 0 Å². The van der Waals surface area contributed by atoms with Crippen molar-refractivity contribution < 1.29 is 8.83 Å². The summed E-state index contributed by atoms with van der Waals surface area (Å²) in [6.45, 7) is 0. The lowest BCUT2D eigenvalue weighted by Crippen LogP contribution is -2.30. The molecule has 0 fully saturated rings. The Morgan fingerprint density at radius 3 is 1.41 bits per heavy atom. The van der Waals surface area contributed by atoms with Gasteiger partial charge in [0.05, 0.1) is 12.1 Å². The molecule has 2 aliphatic carbocycles. The van der Waals surface area contributed by atoms with Crippen molar-refractivity contribution in [3.05, 3.63) is 236 Å². The molecule has 64 heavy (non-hydrogen) atoms. The first kappa shape index (κ1) is 37.7. The Morgan fingerprint density at radius 2 is 0.859 bits per heavy atom. The van der Waals surface area contributed by atoms with Crippen LogP contribution >= 0.6 is 0 Å². The summed E-state index contributed by atoms with van der Waals surface area (Å²) in [5.74, 6) is 0. The minimum absolute atomic E-state index is 0.147. The zero-order chi connectivity index (χ0) is 42.4. The summed E-state index contributed by atoms with van der Waals surface area (Å²) in [5.41, 5.74) is 15.2. The van der Waals surface area contributed by atoms with Crippen molar-refractivity contribution in [3.8, 4) is 22.3 Å². The molecule has 306 valence electrons. The smallest absolute Gasteiger partial charge is 0.143 e. The Bertz CT molecular complexity index is 3440. The molecule has 0 amide bonds. The van der Waals surface area contributed by atoms with E-state index in [0.717, 1.165) is 96.2 Å². The predicted octanol–water partition coefficient (Wildman–Crippen LogP) is 16.4. The van der Waals surface area contributed by atoms with E-state index in [-0.39, 0.29) is 12.1 Å². The molecule has 0 N–H and O–H groups in total. The largest absolute Gasteiger partial charge is 0.455 e. The van der Waals surface area contributed by atoms with E-state index in [1.165, 1.54) is 16.7 Å². The molecule has 0 spiro atoms. The molecule has 2 heterocycles. The summed E-state index contributed by atoms with van der Waals surface area (Å²) in [6.07, 6.45) is 17.6. The van der Waals surface area contributed by atoms with Crippen LogP contribution in [0.4, 0.5) is 22.7 Å². The number of benzene rings is 8. The molecule has 8 aromatic carbocycles. The molecule has 0 radical (unpaired) electrons. The molecule has 10 aromatic rings. The highest BCUT2D eigenvalue weighted by Crippen LogP contribution is 2.41. The van der Waals surface area contributed by atoms with E-state index in [9.17, 15) is 0 Å². The maximum absolute atomic E-state index is 6.40. The molecule has 2 aromatic heterocycles. The summed E-state index contributed by atoms with van der Waals surface area (Å²) >= 11 is 0. The van der Waals surface area contributed by atoms with Crippen LogP contribution in [0.25, 0.3) is 71.7 Å². The molecule has 0 aliphatic heterocycles. The third-order valence-electron chi connectivity index (χ3n) is 12.9. The average Bonchev–Trinajstić information content (AvgIpc) is 3.95. The number of hydrogen-bond donors (Lipinski definition) is 0. The number of nitrogens with zero attached hydrogens (tertiary/aromatic N) is 2. The minimum atomic E-state index is 0.147. The van der Waals surface area contributed by atoms with Crippen LogP contribution in [0.2, 0.25) is 0 Å². The summed E-state index contributed by atoms with van der Waals surface area (Å²) < 4.78 is 12.8. The second-order valence-corrected chi connectivity index (χ2v) is 16.7. The van der Waals surface area contributed by atoms with Gasteiger partial charge < -0.3 is 18.6 Å². The van der Waals surface area contributed by atoms with Crippen molar-refractivity contribution in [2.24, 2.45) is 0 Å². The van der Waals surface area contributed by atoms with Gasteiger partial charge in [0.25, 0.3) is 0 Å². The standard InChI is InChI=1S/C60H44N2O2/c1-3-13-45(14-4-1)61(49-37-29-43(30-38-49)51-19-11-21-55-53-17-7-9-23-57(53)63-59(51)55)47-33-25-41(26-34-47)42-27-35-48(36-28-42)62(46-15-5-2-6-16-46)50-39-31-44(32-40-50)52-20-12-22-56-54-18-8-10-24-58(54)64-60(52)56/h1-15,17-37,39-40,46,49H,16,38H2. The molecule has 2 atom stereocenters. The fourth-order valence-electron chi connectivity index (χ4n) is 9.79. The van der Waals surface area contributed by atoms with Crippen molar-refractivity contribution in [1.29, 1.82) is 0 Å². The number of rotatable bonds is 9. The topological polar surface area (TPSA) is 32.8 Å². The lowest BCUT2D eigenvalue weighted by atomic mass is 9.94. The number of allylic oxidation sites excluding steroid dienone is 4. The number of para-hydroxylation sites is 5. The fourth-order valence-corrected chi connectivity index (χ4v) is 9.79. The predicted molar refractivity (Wildman–Crippen MR) is 268 cm³/mol. The Kier molecular flexibility index (Phi) is 9.41. The van der Waals surface area contributed by atoms with Crippen LogP contribution in [0.1, 0.15) is 18.4 Å².